The van der Waals surface area contributed by atoms with E-state index in [0.29, 0.717) is 0 Å². The van der Waals surface area contributed by atoms with Gasteiger partial charge in [-0.25, -0.2) is 15.0 Å². The van der Waals surface area contributed by atoms with Gasteiger partial charge in [0.25, 0.3) is 0 Å². The maximum absolute atomic E-state index is 5.30. The summed E-state index contributed by atoms with van der Waals surface area (Å²) in [4.78, 5) is 15.5. The molecule has 0 spiro atoms. The second-order valence-electron chi connectivity index (χ2n) is 13.6. The Bertz CT molecular complexity index is 3150. The number of pyridine rings is 3. The summed E-state index contributed by atoms with van der Waals surface area (Å²) in [6.07, 6.45) is 0. The van der Waals surface area contributed by atoms with Gasteiger partial charge in [0.2, 0.25) is 0 Å². The molecular weight excluding hydrogens is 631 g/mol. The van der Waals surface area contributed by atoms with Gasteiger partial charge in [-0.1, -0.05) is 146 Å². The molecule has 0 aliphatic carbocycles. The van der Waals surface area contributed by atoms with Crippen LogP contribution in [-0.4, -0.2) is 15.0 Å². The number of para-hydroxylation sites is 2. The van der Waals surface area contributed by atoms with Crippen LogP contribution >= 0.6 is 0 Å². The molecule has 0 unspecified atom stereocenters. The number of hydrogen-bond acceptors (Lipinski definition) is 3. The molecule has 0 fully saturated rings. The van der Waals surface area contributed by atoms with Gasteiger partial charge in [0.15, 0.2) is 0 Å². The zero-order chi connectivity index (χ0) is 34.2. The highest BCUT2D eigenvalue weighted by molar-refractivity contribution is 6.25. The van der Waals surface area contributed by atoms with Crippen LogP contribution in [0.1, 0.15) is 0 Å². The van der Waals surface area contributed by atoms with Gasteiger partial charge in [-0.2, -0.15) is 0 Å². The number of aromatic nitrogens is 3. The van der Waals surface area contributed by atoms with Crippen molar-refractivity contribution >= 4 is 75.9 Å². The van der Waals surface area contributed by atoms with E-state index in [-0.39, 0.29) is 0 Å². The summed E-state index contributed by atoms with van der Waals surface area (Å²) in [6.45, 7) is 0. The average molecular weight is 660 g/mol. The monoisotopic (exact) mass is 659 g/mol. The Morgan fingerprint density at radius 1 is 0.269 bits per heavy atom. The molecule has 3 heterocycles. The second-order valence-corrected chi connectivity index (χ2v) is 13.6. The number of benzene rings is 8. The average Bonchev–Trinajstić information content (AvgIpc) is 3.22. The van der Waals surface area contributed by atoms with Crippen molar-refractivity contribution in [2.24, 2.45) is 0 Å². The van der Waals surface area contributed by atoms with Crippen molar-refractivity contribution < 1.29 is 0 Å². The number of hydrogen-bond donors (Lipinski definition) is 0. The molecule has 0 saturated heterocycles. The normalized spacial score (nSPS) is 11.8. The highest BCUT2D eigenvalue weighted by Gasteiger charge is 2.14. The molecule has 0 bridgehead atoms. The van der Waals surface area contributed by atoms with E-state index >= 15 is 0 Å². The lowest BCUT2D eigenvalue weighted by Gasteiger charge is -2.13. The molecule has 0 radical (unpaired) electrons. The minimum atomic E-state index is 0.907. The molecular formula is C49H29N3. The van der Waals surface area contributed by atoms with Crippen LogP contribution in [-0.2, 0) is 0 Å². The Morgan fingerprint density at radius 3 is 1.23 bits per heavy atom. The van der Waals surface area contributed by atoms with Crippen molar-refractivity contribution in [3.63, 3.8) is 0 Å². The van der Waals surface area contributed by atoms with Crippen LogP contribution in [0.5, 0.6) is 0 Å². The number of fused-ring (bicyclic) bond motifs is 11. The maximum atomic E-state index is 5.30. The molecule has 3 heteroatoms. The van der Waals surface area contributed by atoms with Gasteiger partial charge in [-0.15, -0.1) is 0 Å². The van der Waals surface area contributed by atoms with Crippen LogP contribution in [0.15, 0.2) is 176 Å². The Morgan fingerprint density at radius 2 is 0.673 bits per heavy atom. The standard InChI is InChI=1S/C49H29N3/c1-2-11-37-35(9-1)36-10-3-4-12-38(36)42-29-34(23-26-39(37)42)44-28-25-33-22-21-32-24-27-43(51-48(32)49(33)52-44)30-17-19-31(20-18-30)47-40-13-5-7-15-45(40)50-46-16-8-6-14-41(46)47/h1-29H. The third kappa shape index (κ3) is 4.43. The molecule has 240 valence electrons. The quantitative estimate of drug-likeness (QED) is 0.140. The first-order valence-electron chi connectivity index (χ1n) is 17.7. The van der Waals surface area contributed by atoms with Gasteiger partial charge in [0.1, 0.15) is 0 Å². The third-order valence-electron chi connectivity index (χ3n) is 10.6. The van der Waals surface area contributed by atoms with E-state index in [4.69, 9.17) is 15.0 Å². The highest BCUT2D eigenvalue weighted by atomic mass is 14.8. The molecule has 11 aromatic rings. The second kappa shape index (κ2) is 11.3. The van der Waals surface area contributed by atoms with Gasteiger partial charge in [-0.05, 0) is 68.2 Å². The van der Waals surface area contributed by atoms with Gasteiger partial charge in [0.05, 0.1) is 33.5 Å². The summed E-state index contributed by atoms with van der Waals surface area (Å²) in [7, 11) is 0. The van der Waals surface area contributed by atoms with E-state index in [1.807, 2.05) is 0 Å². The minimum absolute atomic E-state index is 0.907. The lowest BCUT2D eigenvalue weighted by molar-refractivity contribution is 1.37. The smallest absolute Gasteiger partial charge is 0.0972 e. The maximum Gasteiger partial charge on any atom is 0.0972 e. The molecule has 3 aromatic heterocycles. The molecule has 0 atom stereocenters. The SMILES string of the molecule is c1ccc2c(-c3ccc(-c4ccc5ccc6ccc(-c7ccc8c9ccccc9c9ccccc9c8c7)nc6c5n4)cc3)c3ccccc3nc2c1. The Labute approximate surface area is 299 Å². The molecule has 0 N–H and O–H groups in total. The Hall–Kier alpha value is -6.97. The van der Waals surface area contributed by atoms with E-state index in [9.17, 15) is 0 Å². The van der Waals surface area contributed by atoms with Crippen LogP contribution in [0.4, 0.5) is 0 Å². The first-order valence-corrected chi connectivity index (χ1v) is 17.7. The summed E-state index contributed by atoms with van der Waals surface area (Å²) >= 11 is 0. The number of rotatable bonds is 3. The van der Waals surface area contributed by atoms with Crippen molar-refractivity contribution in [2.75, 3.05) is 0 Å². The van der Waals surface area contributed by atoms with E-state index < -0.39 is 0 Å². The lowest BCUT2D eigenvalue weighted by atomic mass is 9.93. The van der Waals surface area contributed by atoms with Crippen LogP contribution in [0.25, 0.3) is 110 Å². The molecule has 0 aliphatic rings. The topological polar surface area (TPSA) is 38.7 Å². The molecule has 8 aromatic carbocycles. The van der Waals surface area contributed by atoms with Crippen molar-refractivity contribution in [1.29, 1.82) is 0 Å². The first kappa shape index (κ1) is 28.8. The van der Waals surface area contributed by atoms with Crippen LogP contribution in [0.2, 0.25) is 0 Å². The fraction of sp³-hybridized carbons (Fsp3) is 0. The molecule has 0 aliphatic heterocycles. The zero-order valence-electron chi connectivity index (χ0n) is 28.1. The van der Waals surface area contributed by atoms with E-state index in [1.54, 1.807) is 0 Å². The molecule has 3 nitrogen and oxygen atoms in total. The Balaban J connectivity index is 1.03. The molecule has 0 amide bonds. The third-order valence-corrected chi connectivity index (χ3v) is 10.6. The van der Waals surface area contributed by atoms with Gasteiger partial charge in [0, 0.05) is 38.2 Å². The first-order chi connectivity index (χ1) is 25.8. The van der Waals surface area contributed by atoms with Gasteiger partial charge in [-0.3, -0.25) is 0 Å². The predicted molar refractivity (Wildman–Crippen MR) is 219 cm³/mol. The predicted octanol–water partition coefficient (Wildman–Crippen LogP) is 12.9. The summed E-state index contributed by atoms with van der Waals surface area (Å²) < 4.78 is 0. The van der Waals surface area contributed by atoms with E-state index in [0.717, 1.165) is 71.7 Å². The van der Waals surface area contributed by atoms with Crippen molar-refractivity contribution in [1.82, 2.24) is 15.0 Å². The van der Waals surface area contributed by atoms with Crippen LogP contribution < -0.4 is 0 Å². The zero-order valence-corrected chi connectivity index (χ0v) is 28.1. The van der Waals surface area contributed by atoms with Crippen molar-refractivity contribution in [2.45, 2.75) is 0 Å². The summed E-state index contributed by atoms with van der Waals surface area (Å²) in [6, 6.07) is 62.6. The largest absolute Gasteiger partial charge is 0.248 e. The highest BCUT2D eigenvalue weighted by Crippen LogP contribution is 2.38. The minimum Gasteiger partial charge on any atom is -0.248 e. The van der Waals surface area contributed by atoms with Gasteiger partial charge < -0.3 is 0 Å². The van der Waals surface area contributed by atoms with E-state index in [2.05, 4.69) is 176 Å². The van der Waals surface area contributed by atoms with Crippen molar-refractivity contribution in [3.8, 4) is 33.6 Å². The van der Waals surface area contributed by atoms with Crippen LogP contribution in [0.3, 0.4) is 0 Å². The Kier molecular flexibility index (Phi) is 6.25. The van der Waals surface area contributed by atoms with Crippen LogP contribution in [0, 0.1) is 0 Å². The van der Waals surface area contributed by atoms with Gasteiger partial charge >= 0.3 is 0 Å². The molecule has 11 rings (SSSR count). The molecule has 0 saturated carbocycles. The summed E-state index contributed by atoms with van der Waals surface area (Å²) in [5.74, 6) is 0. The number of nitrogens with zero attached hydrogens (tertiary/aromatic N) is 3. The fourth-order valence-corrected chi connectivity index (χ4v) is 8.11. The summed E-state index contributed by atoms with van der Waals surface area (Å²) in [5.41, 5.74) is 10.2. The fourth-order valence-electron chi connectivity index (χ4n) is 8.11. The molecule has 52 heavy (non-hydrogen) atoms. The lowest BCUT2D eigenvalue weighted by Crippen LogP contribution is -1.92. The van der Waals surface area contributed by atoms with Crippen molar-refractivity contribution in [3.05, 3.63) is 176 Å². The summed E-state index contributed by atoms with van der Waals surface area (Å²) in [5, 5.41) is 12.0. The van der Waals surface area contributed by atoms with E-state index in [1.165, 1.54) is 37.9 Å².